The van der Waals surface area contributed by atoms with Crippen molar-refractivity contribution in [3.05, 3.63) is 154 Å². The molecular formula is C41H38F3N7O4. The van der Waals surface area contributed by atoms with Crippen LogP contribution in [0.5, 0.6) is 5.88 Å². The number of rotatable bonds is 9. The number of hydrogen-bond acceptors (Lipinski definition) is 7. The fraction of sp³-hybridized carbons (Fsp3) is 0.220. The molecule has 0 radical (unpaired) electrons. The number of pyridine rings is 1. The summed E-state index contributed by atoms with van der Waals surface area (Å²) in [5.74, 6) is -0.560. The van der Waals surface area contributed by atoms with Gasteiger partial charge in [0.2, 0.25) is 5.88 Å². The van der Waals surface area contributed by atoms with Crippen LogP contribution in [0.4, 0.5) is 13.2 Å². The van der Waals surface area contributed by atoms with Gasteiger partial charge in [-0.05, 0) is 80.3 Å². The van der Waals surface area contributed by atoms with Crippen LogP contribution in [-0.2, 0) is 12.7 Å². The molecule has 3 aromatic carbocycles. The quantitative estimate of drug-likeness (QED) is 0.151. The van der Waals surface area contributed by atoms with Crippen LogP contribution in [0.3, 0.4) is 0 Å². The van der Waals surface area contributed by atoms with E-state index in [4.69, 9.17) is 9.84 Å². The van der Waals surface area contributed by atoms with Crippen molar-refractivity contribution in [3.8, 4) is 11.6 Å². The molecule has 282 valence electrons. The SMILES string of the molecule is COc1nc(/C=C/c2nc3n(n2)CCC[C@H]3c2ccccc2C(F)(F)F)ccc1-n1cnc(C)c1.C[C@@H](NC(=O)c1ccccc1C(=O)O)c1ccccc1. The first-order valence-electron chi connectivity index (χ1n) is 17.5. The number of carboxylic acid groups (broad SMARTS) is 1. The van der Waals surface area contributed by atoms with Gasteiger partial charge in [0, 0.05) is 18.7 Å². The van der Waals surface area contributed by atoms with Crippen molar-refractivity contribution in [1.29, 1.82) is 0 Å². The fourth-order valence-corrected chi connectivity index (χ4v) is 6.36. The summed E-state index contributed by atoms with van der Waals surface area (Å²) in [7, 11) is 1.55. The summed E-state index contributed by atoms with van der Waals surface area (Å²) in [4.78, 5) is 36.6. The molecule has 55 heavy (non-hydrogen) atoms. The van der Waals surface area contributed by atoms with Crippen LogP contribution in [0.15, 0.2) is 104 Å². The molecule has 0 fully saturated rings. The zero-order chi connectivity index (χ0) is 39.1. The average molecular weight is 750 g/mol. The van der Waals surface area contributed by atoms with Crippen molar-refractivity contribution < 1.29 is 32.6 Å². The number of benzene rings is 3. The molecule has 7 rings (SSSR count). The summed E-state index contributed by atoms with van der Waals surface area (Å²) in [5, 5.41) is 16.4. The molecule has 0 bridgehead atoms. The molecule has 2 atom stereocenters. The van der Waals surface area contributed by atoms with Gasteiger partial charge in [0.05, 0.1) is 47.6 Å². The van der Waals surface area contributed by atoms with E-state index in [1.165, 1.54) is 24.3 Å². The number of imidazole rings is 1. The number of fused-ring (bicyclic) bond motifs is 1. The lowest BCUT2D eigenvalue weighted by atomic mass is 9.88. The molecule has 0 saturated heterocycles. The van der Waals surface area contributed by atoms with Gasteiger partial charge in [-0.1, -0.05) is 60.7 Å². The molecule has 1 aliphatic rings. The Morgan fingerprint density at radius 1 is 0.945 bits per heavy atom. The van der Waals surface area contributed by atoms with Gasteiger partial charge in [0.15, 0.2) is 5.82 Å². The van der Waals surface area contributed by atoms with Crippen molar-refractivity contribution >= 4 is 24.0 Å². The van der Waals surface area contributed by atoms with Gasteiger partial charge < -0.3 is 19.7 Å². The summed E-state index contributed by atoms with van der Waals surface area (Å²) in [6.45, 7) is 4.37. The maximum Gasteiger partial charge on any atom is 0.416 e. The van der Waals surface area contributed by atoms with Crippen LogP contribution in [0, 0.1) is 6.92 Å². The van der Waals surface area contributed by atoms with E-state index in [-0.39, 0.29) is 28.6 Å². The van der Waals surface area contributed by atoms with E-state index in [0.29, 0.717) is 36.2 Å². The molecule has 3 aromatic heterocycles. The minimum Gasteiger partial charge on any atom is -0.479 e. The standard InChI is InChI=1S/C25H23F3N6O.C16H15NO3/c1-16-14-33(15-29-16)21-11-9-17(30-24(21)35-2)10-12-22-31-23-19(7-5-13-34(23)32-22)18-6-3-4-8-20(18)25(26,27)28;1-11(12-7-3-2-4-8-12)17-15(18)13-9-5-6-10-14(13)16(19)20/h3-4,6,8-12,14-15,19H,5,7,13H2,1-2H3;2-11H,1H3,(H,17,18)(H,19,20)/b12-10+;/t19-;11-/m01/s1. The second kappa shape index (κ2) is 16.6. The van der Waals surface area contributed by atoms with Gasteiger partial charge in [-0.25, -0.2) is 24.4 Å². The number of carbonyl (C=O) groups excluding carboxylic acids is 1. The van der Waals surface area contributed by atoms with Crippen molar-refractivity contribution in [2.75, 3.05) is 7.11 Å². The normalized spacial score (nSPS) is 14.4. The number of amides is 1. The zero-order valence-electron chi connectivity index (χ0n) is 30.2. The second-order valence-corrected chi connectivity index (χ2v) is 12.8. The van der Waals surface area contributed by atoms with Crippen molar-refractivity contribution in [3.63, 3.8) is 0 Å². The predicted molar refractivity (Wildman–Crippen MR) is 200 cm³/mol. The highest BCUT2D eigenvalue weighted by Crippen LogP contribution is 2.40. The zero-order valence-corrected chi connectivity index (χ0v) is 30.2. The molecule has 6 aromatic rings. The molecule has 1 amide bonds. The molecule has 1 aliphatic heterocycles. The molecule has 0 aliphatic carbocycles. The Bertz CT molecular complexity index is 2320. The third-order valence-electron chi connectivity index (χ3n) is 9.03. The molecule has 14 heteroatoms. The minimum absolute atomic E-state index is 0.00487. The number of carboxylic acids is 1. The maximum atomic E-state index is 13.6. The lowest BCUT2D eigenvalue weighted by molar-refractivity contribution is -0.138. The van der Waals surface area contributed by atoms with Crippen LogP contribution in [-0.4, -0.2) is 53.4 Å². The number of alkyl halides is 3. The monoisotopic (exact) mass is 749 g/mol. The second-order valence-electron chi connectivity index (χ2n) is 12.8. The number of hydrogen-bond donors (Lipinski definition) is 2. The number of methoxy groups -OCH3 is 1. The first-order valence-corrected chi connectivity index (χ1v) is 17.5. The number of ether oxygens (including phenoxy) is 1. The number of aromatic carboxylic acids is 1. The third-order valence-corrected chi connectivity index (χ3v) is 9.03. The van der Waals surface area contributed by atoms with E-state index in [1.54, 1.807) is 48.5 Å². The van der Waals surface area contributed by atoms with Crippen LogP contribution in [0.2, 0.25) is 0 Å². The smallest absolute Gasteiger partial charge is 0.416 e. The number of aromatic nitrogens is 6. The maximum absolute atomic E-state index is 13.6. The van der Waals surface area contributed by atoms with Gasteiger partial charge >= 0.3 is 12.1 Å². The number of halogens is 3. The predicted octanol–water partition coefficient (Wildman–Crippen LogP) is 8.17. The first kappa shape index (κ1) is 38.2. The lowest BCUT2D eigenvalue weighted by Gasteiger charge is -2.25. The summed E-state index contributed by atoms with van der Waals surface area (Å²) in [6.07, 6.45) is 3.92. The van der Waals surface area contributed by atoms with E-state index in [9.17, 15) is 22.8 Å². The molecule has 0 saturated carbocycles. The Labute approximate surface area is 315 Å². The van der Waals surface area contributed by atoms with Crippen molar-refractivity contribution in [2.45, 2.75) is 51.4 Å². The van der Waals surface area contributed by atoms with Gasteiger partial charge in [0.25, 0.3) is 5.91 Å². The molecule has 11 nitrogen and oxygen atoms in total. The summed E-state index contributed by atoms with van der Waals surface area (Å²) in [6, 6.07) is 24.9. The number of nitrogens with zero attached hydrogens (tertiary/aromatic N) is 6. The van der Waals surface area contributed by atoms with Crippen molar-refractivity contribution in [2.24, 2.45) is 0 Å². The lowest BCUT2D eigenvalue weighted by Crippen LogP contribution is -2.28. The summed E-state index contributed by atoms with van der Waals surface area (Å²) < 4.78 is 49.8. The Balaban J connectivity index is 0.000000219. The van der Waals surface area contributed by atoms with E-state index in [1.807, 2.05) is 67.1 Å². The fourth-order valence-electron chi connectivity index (χ4n) is 6.36. The largest absolute Gasteiger partial charge is 0.479 e. The third kappa shape index (κ3) is 8.98. The number of nitrogens with one attached hydrogen (secondary N) is 1. The molecule has 4 heterocycles. The van der Waals surface area contributed by atoms with Gasteiger partial charge in [-0.2, -0.15) is 18.3 Å². The summed E-state index contributed by atoms with van der Waals surface area (Å²) in [5.41, 5.74) is 3.02. The topological polar surface area (TPSA) is 137 Å². The van der Waals surface area contributed by atoms with Crippen LogP contribution < -0.4 is 10.1 Å². The highest BCUT2D eigenvalue weighted by molar-refractivity contribution is 6.04. The summed E-state index contributed by atoms with van der Waals surface area (Å²) >= 11 is 0. The van der Waals surface area contributed by atoms with Crippen LogP contribution in [0.25, 0.3) is 17.8 Å². The highest BCUT2D eigenvalue weighted by atomic mass is 19.4. The van der Waals surface area contributed by atoms with E-state index >= 15 is 0 Å². The van der Waals surface area contributed by atoms with E-state index in [2.05, 4.69) is 25.4 Å². The Kier molecular flexibility index (Phi) is 11.5. The highest BCUT2D eigenvalue weighted by Gasteiger charge is 2.37. The van der Waals surface area contributed by atoms with E-state index < -0.39 is 23.6 Å². The molecule has 0 unspecified atom stereocenters. The van der Waals surface area contributed by atoms with Crippen LogP contribution >= 0.6 is 0 Å². The first-order chi connectivity index (χ1) is 26.4. The Morgan fingerprint density at radius 2 is 1.65 bits per heavy atom. The van der Waals surface area contributed by atoms with E-state index in [0.717, 1.165) is 29.4 Å². The Morgan fingerprint density at radius 3 is 2.35 bits per heavy atom. The van der Waals surface area contributed by atoms with Gasteiger partial charge in [-0.3, -0.25) is 4.79 Å². The molecule has 0 spiro atoms. The van der Waals surface area contributed by atoms with Gasteiger partial charge in [0.1, 0.15) is 11.5 Å². The average Bonchev–Trinajstić information content (AvgIpc) is 3.83. The van der Waals surface area contributed by atoms with Crippen LogP contribution in [0.1, 0.15) is 92.2 Å². The van der Waals surface area contributed by atoms with Crippen molar-refractivity contribution in [1.82, 2.24) is 34.6 Å². The minimum atomic E-state index is -4.42. The number of carbonyl (C=O) groups is 2. The van der Waals surface area contributed by atoms with Gasteiger partial charge in [-0.15, -0.1) is 0 Å². The Hall–Kier alpha value is -6.57. The number of aryl methyl sites for hydroxylation is 2. The molecule has 2 N–H and O–H groups in total. The molecular weight excluding hydrogens is 711 g/mol.